The Bertz CT molecular complexity index is 1370. The second-order valence-electron chi connectivity index (χ2n) is 8.51. The predicted molar refractivity (Wildman–Crippen MR) is 134 cm³/mol. The van der Waals surface area contributed by atoms with Crippen molar-refractivity contribution in [2.45, 2.75) is 26.2 Å². The molecule has 0 fully saturated rings. The number of amides is 2. The molecule has 0 saturated carbocycles. The Hall–Kier alpha value is -4.33. The number of alkyl halides is 2. The number of aliphatic carboxylic acids is 1. The third-order valence-corrected chi connectivity index (χ3v) is 6.09. The number of carboxylic acids is 1. The van der Waals surface area contributed by atoms with Crippen LogP contribution >= 0.6 is 0 Å². The zero-order valence-corrected chi connectivity index (χ0v) is 19.7. The topological polar surface area (TPSA) is 77.9 Å². The van der Waals surface area contributed by atoms with Crippen molar-refractivity contribution in [2.24, 2.45) is 0 Å². The summed E-state index contributed by atoms with van der Waals surface area (Å²) in [7, 11) is 0. The molecule has 3 aromatic carbocycles. The number of nitrogens with zero attached hydrogens (tertiary/aromatic N) is 2. The molecule has 1 aliphatic rings. The van der Waals surface area contributed by atoms with Gasteiger partial charge >= 0.3 is 5.97 Å². The van der Waals surface area contributed by atoms with E-state index in [4.69, 9.17) is 5.11 Å². The lowest BCUT2D eigenvalue weighted by Crippen LogP contribution is -2.33. The number of carboxylic acid groups (broad SMARTS) is 1. The summed E-state index contributed by atoms with van der Waals surface area (Å²) in [6.07, 6.45) is -0.223. The van der Waals surface area contributed by atoms with Crippen molar-refractivity contribution in [1.29, 1.82) is 0 Å². The van der Waals surface area contributed by atoms with E-state index in [-0.39, 0.29) is 29.3 Å². The van der Waals surface area contributed by atoms with Crippen LogP contribution in [0.3, 0.4) is 0 Å². The average molecular weight is 491 g/mol. The summed E-state index contributed by atoms with van der Waals surface area (Å²) in [6.45, 7) is 3.04. The minimum absolute atomic E-state index is 0.00493. The van der Waals surface area contributed by atoms with E-state index in [0.29, 0.717) is 17.5 Å². The maximum Gasteiger partial charge on any atom is 0.328 e. The summed E-state index contributed by atoms with van der Waals surface area (Å²) >= 11 is 0. The van der Waals surface area contributed by atoms with Gasteiger partial charge in [-0.25, -0.2) is 13.6 Å². The summed E-state index contributed by atoms with van der Waals surface area (Å²) in [5, 5.41) is 9.16. The second kappa shape index (κ2) is 9.73. The van der Waals surface area contributed by atoms with Crippen LogP contribution in [0.2, 0.25) is 0 Å². The highest BCUT2D eigenvalue weighted by Crippen LogP contribution is 2.43. The fourth-order valence-corrected chi connectivity index (χ4v) is 4.37. The van der Waals surface area contributed by atoms with Gasteiger partial charge in [0.15, 0.2) is 0 Å². The Kier molecular flexibility index (Phi) is 6.70. The van der Waals surface area contributed by atoms with E-state index in [1.165, 1.54) is 34.9 Å². The molecule has 6 nitrogen and oxygen atoms in total. The van der Waals surface area contributed by atoms with Crippen molar-refractivity contribution >= 4 is 40.4 Å². The van der Waals surface area contributed by atoms with Gasteiger partial charge in [-0.05, 0) is 48.9 Å². The number of anilines is 3. The second-order valence-corrected chi connectivity index (χ2v) is 8.51. The van der Waals surface area contributed by atoms with Gasteiger partial charge in [0, 0.05) is 48.4 Å². The van der Waals surface area contributed by atoms with Crippen LogP contribution in [0.4, 0.5) is 25.8 Å². The molecule has 0 unspecified atom stereocenters. The fourth-order valence-electron chi connectivity index (χ4n) is 4.37. The summed E-state index contributed by atoms with van der Waals surface area (Å²) < 4.78 is 29.8. The van der Waals surface area contributed by atoms with Gasteiger partial charge in [-0.1, -0.05) is 36.4 Å². The van der Waals surface area contributed by atoms with E-state index in [0.717, 1.165) is 5.56 Å². The van der Waals surface area contributed by atoms with Gasteiger partial charge in [-0.15, -0.1) is 0 Å². The Morgan fingerprint density at radius 3 is 2.25 bits per heavy atom. The zero-order valence-electron chi connectivity index (χ0n) is 19.7. The number of halogens is 2. The molecule has 0 bridgehead atoms. The summed E-state index contributed by atoms with van der Waals surface area (Å²) in [5.74, 6) is -5.63. The lowest BCUT2D eigenvalue weighted by atomic mass is 9.97. The maximum atomic E-state index is 14.9. The number of carbonyl (C=O) groups is 3. The lowest BCUT2D eigenvalue weighted by molar-refractivity contribution is -0.131. The van der Waals surface area contributed by atoms with Gasteiger partial charge in [0.1, 0.15) is 0 Å². The molecule has 0 radical (unpaired) electrons. The van der Waals surface area contributed by atoms with E-state index in [1.807, 2.05) is 31.2 Å². The van der Waals surface area contributed by atoms with E-state index < -0.39 is 29.8 Å². The number of hydrogen-bond donors (Lipinski definition) is 1. The Labute approximate surface area is 207 Å². The number of fused-ring (bicyclic) bond motifs is 1. The molecule has 184 valence electrons. The molecule has 36 heavy (non-hydrogen) atoms. The molecule has 1 aliphatic heterocycles. The van der Waals surface area contributed by atoms with E-state index in [1.54, 1.807) is 30.3 Å². The highest BCUT2D eigenvalue weighted by atomic mass is 19.3. The molecule has 1 N–H and O–H groups in total. The standard InChI is InChI=1S/C28H24F2N2O4/c1-18-7-3-5-9-24(18)32(19(2)33)21-13-11-20(12-14-21)27(36)31-16-15-28(29,30)23(17-26(34)35)22-8-4-6-10-25(22)31/h3-14,17H,15-16H2,1-2H3,(H,34,35). The first kappa shape index (κ1) is 24.8. The molecule has 2 amide bonds. The van der Waals surface area contributed by atoms with Gasteiger partial charge < -0.3 is 10.0 Å². The van der Waals surface area contributed by atoms with Crippen LogP contribution in [0.15, 0.2) is 78.9 Å². The predicted octanol–water partition coefficient (Wildman–Crippen LogP) is 5.83. The van der Waals surface area contributed by atoms with Crippen molar-refractivity contribution in [1.82, 2.24) is 0 Å². The van der Waals surface area contributed by atoms with E-state index in [9.17, 15) is 23.2 Å². The number of hydrogen-bond acceptors (Lipinski definition) is 3. The molecule has 0 aromatic heterocycles. The highest BCUT2D eigenvalue weighted by Gasteiger charge is 2.41. The molecule has 4 rings (SSSR count). The third-order valence-electron chi connectivity index (χ3n) is 6.09. The number of aryl methyl sites for hydroxylation is 1. The average Bonchev–Trinajstić information content (AvgIpc) is 2.94. The first-order chi connectivity index (χ1) is 17.1. The number of benzene rings is 3. The maximum absolute atomic E-state index is 14.9. The van der Waals surface area contributed by atoms with Crippen LogP contribution in [-0.2, 0) is 9.59 Å². The molecule has 3 aromatic rings. The molecule has 8 heteroatoms. The lowest BCUT2D eigenvalue weighted by Gasteiger charge is -2.25. The first-order valence-electron chi connectivity index (χ1n) is 11.3. The minimum atomic E-state index is -3.43. The van der Waals surface area contributed by atoms with Crippen LogP contribution in [0.25, 0.3) is 5.57 Å². The van der Waals surface area contributed by atoms with Crippen molar-refractivity contribution < 1.29 is 28.3 Å². The Morgan fingerprint density at radius 2 is 1.61 bits per heavy atom. The van der Waals surface area contributed by atoms with Crippen molar-refractivity contribution in [3.05, 3.63) is 95.6 Å². The monoisotopic (exact) mass is 490 g/mol. The highest BCUT2D eigenvalue weighted by molar-refractivity contribution is 6.09. The largest absolute Gasteiger partial charge is 0.478 e. The number of para-hydroxylation sites is 2. The summed E-state index contributed by atoms with van der Waals surface area (Å²) in [4.78, 5) is 39.9. The first-order valence-corrected chi connectivity index (χ1v) is 11.3. The van der Waals surface area contributed by atoms with Crippen LogP contribution in [0, 0.1) is 6.92 Å². The molecule has 0 atom stereocenters. The van der Waals surface area contributed by atoms with E-state index >= 15 is 0 Å². The van der Waals surface area contributed by atoms with Gasteiger partial charge in [-0.3, -0.25) is 14.5 Å². The number of carbonyl (C=O) groups excluding carboxylic acids is 2. The number of allylic oxidation sites excluding steroid dienone is 1. The van der Waals surface area contributed by atoms with Crippen LogP contribution in [0.5, 0.6) is 0 Å². The van der Waals surface area contributed by atoms with Crippen molar-refractivity contribution in [3.63, 3.8) is 0 Å². The smallest absolute Gasteiger partial charge is 0.328 e. The molecule has 0 spiro atoms. The molecule has 0 aliphatic carbocycles. The van der Waals surface area contributed by atoms with Gasteiger partial charge in [0.25, 0.3) is 11.8 Å². The molecule has 0 saturated heterocycles. The van der Waals surface area contributed by atoms with Crippen molar-refractivity contribution in [3.8, 4) is 0 Å². The van der Waals surface area contributed by atoms with Gasteiger partial charge in [0.05, 0.1) is 11.4 Å². The fraction of sp³-hybridized carbons (Fsp3) is 0.179. The third kappa shape index (κ3) is 4.75. The molecule has 1 heterocycles. The summed E-state index contributed by atoms with van der Waals surface area (Å²) in [6, 6.07) is 19.8. The van der Waals surface area contributed by atoms with Gasteiger partial charge in [0.2, 0.25) is 5.91 Å². The number of rotatable bonds is 4. The normalized spacial score (nSPS) is 15.7. The van der Waals surface area contributed by atoms with E-state index in [2.05, 4.69) is 0 Å². The van der Waals surface area contributed by atoms with Crippen LogP contribution in [-0.4, -0.2) is 35.4 Å². The molecular weight excluding hydrogens is 466 g/mol. The van der Waals surface area contributed by atoms with Gasteiger partial charge in [-0.2, -0.15) is 0 Å². The van der Waals surface area contributed by atoms with Crippen molar-refractivity contribution in [2.75, 3.05) is 16.3 Å². The SMILES string of the molecule is CC(=O)N(c1ccc(C(=O)N2CCC(F)(F)C(=CC(=O)O)c3ccccc32)cc1)c1ccccc1C. The summed E-state index contributed by atoms with van der Waals surface area (Å²) in [5.41, 5.74) is 1.99. The zero-order chi connectivity index (χ0) is 26.0. The molecular formula is C28H24F2N2O4. The Morgan fingerprint density at radius 1 is 0.972 bits per heavy atom. The van der Waals surface area contributed by atoms with Crippen LogP contribution in [0.1, 0.15) is 34.8 Å². The quantitative estimate of drug-likeness (QED) is 0.467. The minimum Gasteiger partial charge on any atom is -0.478 e. The Balaban J connectivity index is 1.71. The van der Waals surface area contributed by atoms with Crippen LogP contribution < -0.4 is 9.80 Å².